The van der Waals surface area contributed by atoms with Crippen molar-refractivity contribution in [1.29, 1.82) is 0 Å². The molecule has 0 saturated heterocycles. The first-order chi connectivity index (χ1) is 13.9. The summed E-state index contributed by atoms with van der Waals surface area (Å²) in [7, 11) is 0. The molecule has 0 spiro atoms. The van der Waals surface area contributed by atoms with Crippen molar-refractivity contribution in [3.8, 4) is 0 Å². The number of ketones is 2. The van der Waals surface area contributed by atoms with E-state index in [2.05, 4.69) is 27.7 Å². The molecule has 4 fully saturated rings. The molecule has 9 atom stereocenters. The predicted octanol–water partition coefficient (Wildman–Crippen LogP) is 4.26. The molecule has 5 nitrogen and oxygen atoms in total. The number of carbonyl (C=O) groups excluding carboxylic acids is 2. The highest BCUT2D eigenvalue weighted by Crippen LogP contribution is 2.69. The van der Waals surface area contributed by atoms with Gasteiger partial charge in [0.05, 0.1) is 5.60 Å². The van der Waals surface area contributed by atoms with E-state index in [0.717, 1.165) is 19.3 Å². The SMILES string of the molecule is C[C@H](CCC(=O)O)[C@H]1CC[C@H]2[C@@H]3[C@@H](C)C[C@@H]4CC(=O)CC[C@]4(C)[C@@]3(O)CC(=O)[C@]12C. The van der Waals surface area contributed by atoms with E-state index in [1.807, 2.05) is 0 Å². The second kappa shape index (κ2) is 7.15. The molecular formula is C25H38O5. The molecule has 0 radical (unpaired) electrons. The van der Waals surface area contributed by atoms with E-state index in [9.17, 15) is 19.5 Å². The van der Waals surface area contributed by atoms with Crippen molar-refractivity contribution in [2.24, 2.45) is 46.3 Å². The zero-order valence-electron chi connectivity index (χ0n) is 18.9. The normalized spacial score (nSPS) is 49.2. The highest BCUT2D eigenvalue weighted by Gasteiger charge is 2.71. The van der Waals surface area contributed by atoms with Crippen LogP contribution in [-0.2, 0) is 14.4 Å². The lowest BCUT2D eigenvalue weighted by Gasteiger charge is -2.66. The Balaban J connectivity index is 1.68. The van der Waals surface area contributed by atoms with E-state index < -0.39 is 17.0 Å². The summed E-state index contributed by atoms with van der Waals surface area (Å²) in [5.41, 5.74) is -1.88. The van der Waals surface area contributed by atoms with Crippen LogP contribution in [0.25, 0.3) is 0 Å². The van der Waals surface area contributed by atoms with Gasteiger partial charge in [0.2, 0.25) is 0 Å². The number of Topliss-reactive ketones (excluding diaryl/α,β-unsaturated/α-hetero) is 2. The number of carboxylic acid groups (broad SMARTS) is 1. The third kappa shape index (κ3) is 2.87. The Hall–Kier alpha value is -1.23. The van der Waals surface area contributed by atoms with E-state index in [0.29, 0.717) is 31.5 Å². The van der Waals surface area contributed by atoms with Gasteiger partial charge in [-0.3, -0.25) is 14.4 Å². The fraction of sp³-hybridized carbons (Fsp3) is 0.880. The van der Waals surface area contributed by atoms with E-state index >= 15 is 0 Å². The van der Waals surface area contributed by atoms with Crippen LogP contribution < -0.4 is 0 Å². The Bertz CT molecular complexity index is 761. The van der Waals surface area contributed by atoms with Crippen LogP contribution in [0.2, 0.25) is 0 Å². The van der Waals surface area contributed by atoms with Gasteiger partial charge in [-0.2, -0.15) is 0 Å². The fourth-order valence-electron chi connectivity index (χ4n) is 8.68. The maximum Gasteiger partial charge on any atom is 0.303 e. The largest absolute Gasteiger partial charge is 0.481 e. The third-order valence-electron chi connectivity index (χ3n) is 10.4. The molecule has 0 aromatic rings. The number of rotatable bonds is 4. The van der Waals surface area contributed by atoms with E-state index in [4.69, 9.17) is 5.11 Å². The lowest BCUT2D eigenvalue weighted by atomic mass is 9.40. The first-order valence-corrected chi connectivity index (χ1v) is 11.9. The molecule has 0 aromatic carbocycles. The molecule has 0 bridgehead atoms. The molecular weight excluding hydrogens is 380 g/mol. The summed E-state index contributed by atoms with van der Waals surface area (Å²) in [6.07, 6.45) is 5.50. The van der Waals surface area contributed by atoms with Gasteiger partial charge < -0.3 is 10.2 Å². The van der Waals surface area contributed by atoms with Crippen LogP contribution in [0, 0.1) is 46.3 Å². The first kappa shape index (κ1) is 22.0. The number of aliphatic carboxylic acids is 1. The van der Waals surface area contributed by atoms with Crippen LogP contribution in [-0.4, -0.2) is 33.3 Å². The molecule has 4 aliphatic rings. The maximum atomic E-state index is 13.8. The second-order valence-corrected chi connectivity index (χ2v) is 11.6. The zero-order valence-corrected chi connectivity index (χ0v) is 18.9. The number of carbonyl (C=O) groups is 3. The second-order valence-electron chi connectivity index (χ2n) is 11.6. The molecule has 0 amide bonds. The highest BCUT2D eigenvalue weighted by molar-refractivity contribution is 5.88. The Labute approximate surface area is 180 Å². The van der Waals surface area contributed by atoms with Crippen LogP contribution in [0.3, 0.4) is 0 Å². The van der Waals surface area contributed by atoms with Gasteiger partial charge in [0, 0.05) is 36.5 Å². The van der Waals surface area contributed by atoms with Crippen LogP contribution in [0.15, 0.2) is 0 Å². The Kier molecular flexibility index (Phi) is 5.24. The lowest BCUT2D eigenvalue weighted by Crippen LogP contribution is -2.69. The van der Waals surface area contributed by atoms with Gasteiger partial charge >= 0.3 is 5.97 Å². The van der Waals surface area contributed by atoms with Gasteiger partial charge in [0.15, 0.2) is 0 Å². The third-order valence-corrected chi connectivity index (χ3v) is 10.4. The summed E-state index contributed by atoms with van der Waals surface area (Å²) in [6.45, 7) is 8.57. The summed E-state index contributed by atoms with van der Waals surface area (Å²) in [4.78, 5) is 37.0. The van der Waals surface area contributed by atoms with Crippen molar-refractivity contribution in [2.75, 3.05) is 0 Å². The van der Waals surface area contributed by atoms with Crippen molar-refractivity contribution in [3.05, 3.63) is 0 Å². The maximum absolute atomic E-state index is 13.8. The lowest BCUT2D eigenvalue weighted by molar-refractivity contribution is -0.240. The standard InChI is InChI=1S/C25H38O5/c1-14(5-8-21(28)29)18-6-7-19-22-15(2)11-16-12-17(26)9-10-23(16,3)25(22,30)13-20(27)24(18,19)4/h14-16,18-19,22,30H,5-13H2,1-4H3,(H,28,29)/t14-,15+,16-,18-,19+,22+,23+,24-,25-/m1/s1. The minimum absolute atomic E-state index is 0.0753. The van der Waals surface area contributed by atoms with Crippen molar-refractivity contribution >= 4 is 17.5 Å². The van der Waals surface area contributed by atoms with Gasteiger partial charge in [0.25, 0.3) is 0 Å². The number of carboxylic acids is 1. The average molecular weight is 419 g/mol. The topological polar surface area (TPSA) is 91.7 Å². The molecule has 4 rings (SSSR count). The molecule has 5 heteroatoms. The van der Waals surface area contributed by atoms with Crippen LogP contribution >= 0.6 is 0 Å². The van der Waals surface area contributed by atoms with E-state index in [1.165, 1.54) is 0 Å². The molecule has 168 valence electrons. The van der Waals surface area contributed by atoms with Gasteiger partial charge in [-0.1, -0.05) is 27.7 Å². The summed E-state index contributed by atoms with van der Waals surface area (Å²) < 4.78 is 0. The molecule has 4 saturated carbocycles. The van der Waals surface area contributed by atoms with Crippen molar-refractivity contribution in [3.63, 3.8) is 0 Å². The summed E-state index contributed by atoms with van der Waals surface area (Å²) in [6, 6.07) is 0. The monoisotopic (exact) mass is 418 g/mol. The number of hydrogen-bond acceptors (Lipinski definition) is 4. The Morgan fingerprint density at radius 1 is 1.23 bits per heavy atom. The van der Waals surface area contributed by atoms with Gasteiger partial charge in [-0.15, -0.1) is 0 Å². The molecule has 2 N–H and O–H groups in total. The predicted molar refractivity (Wildman–Crippen MR) is 113 cm³/mol. The van der Waals surface area contributed by atoms with Gasteiger partial charge in [0.1, 0.15) is 11.6 Å². The van der Waals surface area contributed by atoms with Gasteiger partial charge in [-0.25, -0.2) is 0 Å². The number of hydrogen-bond donors (Lipinski definition) is 2. The average Bonchev–Trinajstić information content (AvgIpc) is 3.00. The minimum atomic E-state index is -1.03. The van der Waals surface area contributed by atoms with Crippen LogP contribution in [0.5, 0.6) is 0 Å². The molecule has 0 unspecified atom stereocenters. The summed E-state index contributed by atoms with van der Waals surface area (Å²) in [5.74, 6) is 0.720. The summed E-state index contributed by atoms with van der Waals surface area (Å²) >= 11 is 0. The number of aliphatic hydroxyl groups is 1. The van der Waals surface area contributed by atoms with E-state index in [1.54, 1.807) is 0 Å². The van der Waals surface area contributed by atoms with Crippen LogP contribution in [0.1, 0.15) is 85.5 Å². The quantitative estimate of drug-likeness (QED) is 0.712. The van der Waals surface area contributed by atoms with Crippen molar-refractivity contribution in [1.82, 2.24) is 0 Å². The van der Waals surface area contributed by atoms with E-state index in [-0.39, 0.29) is 59.5 Å². The first-order valence-electron chi connectivity index (χ1n) is 11.9. The minimum Gasteiger partial charge on any atom is -0.481 e. The highest BCUT2D eigenvalue weighted by atomic mass is 16.4. The molecule has 0 heterocycles. The summed E-state index contributed by atoms with van der Waals surface area (Å²) in [5, 5.41) is 21.3. The molecule has 30 heavy (non-hydrogen) atoms. The molecule has 0 aliphatic heterocycles. The van der Waals surface area contributed by atoms with Crippen molar-refractivity contribution < 1.29 is 24.6 Å². The molecule has 4 aliphatic carbocycles. The fourth-order valence-corrected chi connectivity index (χ4v) is 8.68. The smallest absolute Gasteiger partial charge is 0.303 e. The van der Waals surface area contributed by atoms with Gasteiger partial charge in [-0.05, 0) is 67.6 Å². The number of fused-ring (bicyclic) bond motifs is 5. The van der Waals surface area contributed by atoms with Crippen molar-refractivity contribution in [2.45, 2.75) is 91.1 Å². The Morgan fingerprint density at radius 3 is 2.60 bits per heavy atom. The van der Waals surface area contributed by atoms with Crippen LogP contribution in [0.4, 0.5) is 0 Å². The Morgan fingerprint density at radius 2 is 1.93 bits per heavy atom. The molecule has 0 aromatic heterocycles. The zero-order chi connectivity index (χ0) is 22.1.